The summed E-state index contributed by atoms with van der Waals surface area (Å²) in [6, 6.07) is 21.7. The first-order chi connectivity index (χ1) is 15.0. The predicted molar refractivity (Wildman–Crippen MR) is 127 cm³/mol. The summed E-state index contributed by atoms with van der Waals surface area (Å²) in [4.78, 5) is 9.43. The van der Waals surface area contributed by atoms with E-state index in [-0.39, 0.29) is 6.04 Å². The van der Waals surface area contributed by atoms with Crippen molar-refractivity contribution >= 4 is 26.5 Å². The summed E-state index contributed by atoms with van der Waals surface area (Å²) in [5, 5.41) is 2.38. The largest absolute Gasteiger partial charge is 0.300 e. The summed E-state index contributed by atoms with van der Waals surface area (Å²) in [5.41, 5.74) is 3.59. The number of benzene rings is 2. The second-order valence-electron chi connectivity index (χ2n) is 7.87. The van der Waals surface area contributed by atoms with Gasteiger partial charge in [0.2, 0.25) is 10.0 Å². The summed E-state index contributed by atoms with van der Waals surface area (Å²) in [6.45, 7) is 4.96. The molecule has 0 radical (unpaired) electrons. The third kappa shape index (κ3) is 6.13. The molecule has 6 nitrogen and oxygen atoms in total. The number of nitrogens with zero attached hydrogens (tertiary/aromatic N) is 3. The topological polar surface area (TPSA) is 65.5 Å². The highest BCUT2D eigenvalue weighted by Crippen LogP contribution is 2.29. The molecule has 0 atom stereocenters. The van der Waals surface area contributed by atoms with E-state index in [2.05, 4.69) is 80.2 Å². The van der Waals surface area contributed by atoms with Crippen LogP contribution in [-0.4, -0.2) is 62.2 Å². The van der Waals surface area contributed by atoms with Gasteiger partial charge in [0.25, 0.3) is 0 Å². The van der Waals surface area contributed by atoms with Crippen LogP contribution in [0.1, 0.15) is 22.9 Å². The van der Waals surface area contributed by atoms with E-state index in [9.17, 15) is 8.42 Å². The molecule has 0 unspecified atom stereocenters. The van der Waals surface area contributed by atoms with Gasteiger partial charge in [0, 0.05) is 44.5 Å². The molecular formula is C23H28N4O2S2. The number of nitrogens with one attached hydrogen (secondary N) is 1. The van der Waals surface area contributed by atoms with Crippen molar-refractivity contribution in [2.24, 2.45) is 0 Å². The molecule has 1 saturated heterocycles. The van der Waals surface area contributed by atoms with E-state index in [0.29, 0.717) is 5.13 Å². The van der Waals surface area contributed by atoms with Gasteiger partial charge in [0.15, 0.2) is 5.13 Å². The first-order valence-corrected chi connectivity index (χ1v) is 13.2. The van der Waals surface area contributed by atoms with Crippen molar-refractivity contribution in [2.45, 2.75) is 12.5 Å². The van der Waals surface area contributed by atoms with Crippen molar-refractivity contribution in [2.75, 3.05) is 43.7 Å². The maximum Gasteiger partial charge on any atom is 0.231 e. The Balaban J connectivity index is 1.35. The number of sulfonamides is 1. The zero-order valence-corrected chi connectivity index (χ0v) is 19.3. The first-order valence-electron chi connectivity index (χ1n) is 10.5. The molecule has 4 rings (SSSR count). The summed E-state index contributed by atoms with van der Waals surface area (Å²) in [7, 11) is -3.28. The second-order valence-corrected chi connectivity index (χ2v) is 10.5. The van der Waals surface area contributed by atoms with Crippen molar-refractivity contribution in [1.29, 1.82) is 0 Å². The van der Waals surface area contributed by atoms with Gasteiger partial charge in [-0.15, -0.1) is 11.3 Å². The van der Waals surface area contributed by atoms with Crippen LogP contribution < -0.4 is 4.72 Å². The molecule has 0 saturated carbocycles. The lowest BCUT2D eigenvalue weighted by Crippen LogP contribution is -2.48. The molecular weight excluding hydrogens is 428 g/mol. The SMILES string of the molecule is CS(=O)(=O)Nc1nc(CCN2CCN(C(c3ccccc3)c3ccccc3)CC2)cs1. The number of piperazine rings is 1. The van der Waals surface area contributed by atoms with Crippen LogP contribution in [0.3, 0.4) is 0 Å². The molecule has 8 heteroatoms. The van der Waals surface area contributed by atoms with Crippen molar-refractivity contribution in [1.82, 2.24) is 14.8 Å². The lowest BCUT2D eigenvalue weighted by Gasteiger charge is -2.39. The van der Waals surface area contributed by atoms with Gasteiger partial charge in [0.1, 0.15) is 0 Å². The van der Waals surface area contributed by atoms with E-state index >= 15 is 0 Å². The van der Waals surface area contributed by atoms with Crippen molar-refractivity contribution in [3.8, 4) is 0 Å². The van der Waals surface area contributed by atoms with Gasteiger partial charge in [-0.25, -0.2) is 13.4 Å². The smallest absolute Gasteiger partial charge is 0.231 e. The van der Waals surface area contributed by atoms with Crippen LogP contribution in [0.4, 0.5) is 5.13 Å². The summed E-state index contributed by atoms with van der Waals surface area (Å²) in [5.74, 6) is 0. The van der Waals surface area contributed by atoms with Crippen molar-refractivity contribution < 1.29 is 8.42 Å². The molecule has 0 bridgehead atoms. The minimum absolute atomic E-state index is 0.271. The number of hydrogen-bond donors (Lipinski definition) is 1. The summed E-state index contributed by atoms with van der Waals surface area (Å²) in [6.07, 6.45) is 1.97. The molecule has 1 fully saturated rings. The van der Waals surface area contributed by atoms with Gasteiger partial charge in [0.05, 0.1) is 18.0 Å². The second kappa shape index (κ2) is 9.91. The Morgan fingerprint density at radius 1 is 0.968 bits per heavy atom. The Hall–Kier alpha value is -2.26. The highest BCUT2D eigenvalue weighted by atomic mass is 32.2. The van der Waals surface area contributed by atoms with Gasteiger partial charge in [-0.2, -0.15) is 0 Å². The van der Waals surface area contributed by atoms with Crippen LogP contribution in [0.2, 0.25) is 0 Å². The number of aromatic nitrogens is 1. The van der Waals surface area contributed by atoms with Gasteiger partial charge in [-0.1, -0.05) is 60.7 Å². The lowest BCUT2D eigenvalue weighted by molar-refractivity contribution is 0.110. The van der Waals surface area contributed by atoms with Crippen LogP contribution in [0, 0.1) is 0 Å². The molecule has 1 aliphatic rings. The van der Waals surface area contributed by atoms with Crippen LogP contribution in [0.15, 0.2) is 66.0 Å². The fraction of sp³-hybridized carbons (Fsp3) is 0.348. The van der Waals surface area contributed by atoms with E-state index < -0.39 is 10.0 Å². The molecule has 2 aromatic carbocycles. The molecule has 1 N–H and O–H groups in total. The molecule has 0 aliphatic carbocycles. The van der Waals surface area contributed by atoms with Gasteiger partial charge < -0.3 is 4.90 Å². The Morgan fingerprint density at radius 3 is 2.10 bits per heavy atom. The van der Waals surface area contributed by atoms with Gasteiger partial charge in [-0.3, -0.25) is 9.62 Å². The van der Waals surface area contributed by atoms with E-state index in [4.69, 9.17) is 0 Å². The third-order valence-electron chi connectivity index (χ3n) is 5.51. The Kier molecular flexibility index (Phi) is 7.02. The third-order valence-corrected chi connectivity index (χ3v) is 7.01. The fourth-order valence-electron chi connectivity index (χ4n) is 4.03. The number of thiazole rings is 1. The van der Waals surface area contributed by atoms with Crippen LogP contribution >= 0.6 is 11.3 Å². The maximum absolute atomic E-state index is 11.3. The Morgan fingerprint density at radius 2 is 1.55 bits per heavy atom. The minimum Gasteiger partial charge on any atom is -0.300 e. The molecule has 1 aromatic heterocycles. The molecule has 164 valence electrons. The molecule has 0 spiro atoms. The lowest BCUT2D eigenvalue weighted by atomic mass is 9.96. The zero-order chi connectivity index (χ0) is 21.7. The van der Waals surface area contributed by atoms with Gasteiger partial charge >= 0.3 is 0 Å². The summed E-state index contributed by atoms with van der Waals surface area (Å²) >= 11 is 1.33. The average Bonchev–Trinajstić information content (AvgIpc) is 3.20. The standard InChI is InChI=1S/C23H28N4O2S2/c1-31(28,29)25-23-24-21(18-30-23)12-13-26-14-16-27(17-15-26)22(19-8-4-2-5-9-19)20-10-6-3-7-11-20/h2-11,18,22H,12-17H2,1H3,(H,24,25). The summed E-state index contributed by atoms with van der Waals surface area (Å²) < 4.78 is 25.1. The quantitative estimate of drug-likeness (QED) is 0.562. The molecule has 3 aromatic rings. The highest BCUT2D eigenvalue weighted by Gasteiger charge is 2.26. The average molecular weight is 457 g/mol. The van der Waals surface area contributed by atoms with E-state index in [1.165, 1.54) is 22.5 Å². The van der Waals surface area contributed by atoms with E-state index in [0.717, 1.165) is 51.1 Å². The molecule has 1 aliphatic heterocycles. The van der Waals surface area contributed by atoms with Crippen LogP contribution in [0.25, 0.3) is 0 Å². The van der Waals surface area contributed by atoms with Crippen LogP contribution in [-0.2, 0) is 16.4 Å². The zero-order valence-electron chi connectivity index (χ0n) is 17.6. The van der Waals surface area contributed by atoms with E-state index in [1.54, 1.807) is 0 Å². The van der Waals surface area contributed by atoms with E-state index in [1.807, 2.05) is 5.38 Å². The first kappa shape index (κ1) is 22.0. The normalized spacial score (nSPS) is 15.9. The molecule has 31 heavy (non-hydrogen) atoms. The molecule has 0 amide bonds. The number of rotatable bonds is 8. The number of anilines is 1. The monoisotopic (exact) mass is 456 g/mol. The Bertz CT molecular complexity index is 1020. The van der Waals surface area contributed by atoms with Crippen LogP contribution in [0.5, 0.6) is 0 Å². The predicted octanol–water partition coefficient (Wildman–Crippen LogP) is 3.46. The fourth-order valence-corrected chi connectivity index (χ4v) is 5.63. The minimum atomic E-state index is -3.28. The van der Waals surface area contributed by atoms with Crippen molar-refractivity contribution in [3.63, 3.8) is 0 Å². The van der Waals surface area contributed by atoms with Crippen molar-refractivity contribution in [3.05, 3.63) is 82.9 Å². The maximum atomic E-state index is 11.3. The highest BCUT2D eigenvalue weighted by molar-refractivity contribution is 7.92. The van der Waals surface area contributed by atoms with Gasteiger partial charge in [-0.05, 0) is 11.1 Å². The Labute approximate surface area is 188 Å². The number of hydrogen-bond acceptors (Lipinski definition) is 6. The molecule has 2 heterocycles.